The number of benzene rings is 1. The van der Waals surface area contributed by atoms with E-state index in [0.29, 0.717) is 22.9 Å². The van der Waals surface area contributed by atoms with Crippen molar-refractivity contribution in [2.75, 3.05) is 6.61 Å². The Labute approximate surface area is 129 Å². The van der Waals surface area contributed by atoms with Crippen molar-refractivity contribution in [2.24, 2.45) is 0 Å². The molecule has 0 saturated heterocycles. The zero-order chi connectivity index (χ0) is 15.7. The highest BCUT2D eigenvalue weighted by Gasteiger charge is 2.09. The molecule has 5 heteroatoms. The first-order valence-electron chi connectivity index (χ1n) is 6.86. The van der Waals surface area contributed by atoms with E-state index in [9.17, 15) is 4.79 Å². The molecule has 0 saturated carbocycles. The number of hydrogen-bond donors (Lipinski definition) is 1. The molecule has 0 aliphatic carbocycles. The van der Waals surface area contributed by atoms with Crippen molar-refractivity contribution in [3.63, 3.8) is 0 Å². The third-order valence-corrected chi connectivity index (χ3v) is 3.11. The van der Waals surface area contributed by atoms with Crippen LogP contribution in [0.4, 0.5) is 0 Å². The maximum absolute atomic E-state index is 10.9. The molecule has 1 aromatic rings. The molecule has 0 bridgehead atoms. The number of carboxylic acid groups (broad SMARTS) is 1. The van der Waals surface area contributed by atoms with Crippen LogP contribution in [0, 0.1) is 11.3 Å². The SMILES string of the molecule is CCCCCCOc1ccc(Cl)cc1C=C(C#N)C(=O)O. The van der Waals surface area contributed by atoms with Crippen LogP contribution in [0.2, 0.25) is 5.02 Å². The predicted octanol–water partition coefficient (Wildman–Crippen LogP) is 4.29. The molecule has 21 heavy (non-hydrogen) atoms. The fourth-order valence-corrected chi connectivity index (χ4v) is 1.95. The Morgan fingerprint density at radius 2 is 2.19 bits per heavy atom. The summed E-state index contributed by atoms with van der Waals surface area (Å²) >= 11 is 5.91. The van der Waals surface area contributed by atoms with Gasteiger partial charge in [-0.1, -0.05) is 37.8 Å². The average Bonchev–Trinajstić information content (AvgIpc) is 2.46. The van der Waals surface area contributed by atoms with E-state index in [0.717, 1.165) is 25.7 Å². The van der Waals surface area contributed by atoms with Gasteiger partial charge in [0.2, 0.25) is 0 Å². The van der Waals surface area contributed by atoms with Gasteiger partial charge >= 0.3 is 5.97 Å². The van der Waals surface area contributed by atoms with Gasteiger partial charge in [-0.15, -0.1) is 0 Å². The second-order valence-corrected chi connectivity index (χ2v) is 5.00. The molecule has 0 atom stereocenters. The lowest BCUT2D eigenvalue weighted by Gasteiger charge is -2.09. The molecule has 0 fully saturated rings. The lowest BCUT2D eigenvalue weighted by molar-refractivity contribution is -0.132. The molecule has 0 aliphatic heterocycles. The highest BCUT2D eigenvalue weighted by molar-refractivity contribution is 6.30. The summed E-state index contributed by atoms with van der Waals surface area (Å²) in [6, 6.07) is 6.59. The summed E-state index contributed by atoms with van der Waals surface area (Å²) in [6.45, 7) is 2.69. The zero-order valence-electron chi connectivity index (χ0n) is 11.9. The minimum atomic E-state index is -1.27. The van der Waals surface area contributed by atoms with Gasteiger partial charge in [0.1, 0.15) is 17.4 Å². The van der Waals surface area contributed by atoms with Gasteiger partial charge < -0.3 is 9.84 Å². The van der Waals surface area contributed by atoms with Crippen LogP contribution in [0.3, 0.4) is 0 Å². The van der Waals surface area contributed by atoms with Crippen LogP contribution < -0.4 is 4.74 Å². The van der Waals surface area contributed by atoms with Gasteiger partial charge in [0.15, 0.2) is 0 Å². The van der Waals surface area contributed by atoms with Crippen molar-refractivity contribution < 1.29 is 14.6 Å². The number of nitrogens with zero attached hydrogens (tertiary/aromatic N) is 1. The lowest BCUT2D eigenvalue weighted by Crippen LogP contribution is -2.01. The molecule has 1 aromatic carbocycles. The molecule has 0 unspecified atom stereocenters. The number of aliphatic carboxylic acids is 1. The maximum atomic E-state index is 10.9. The van der Waals surface area contributed by atoms with Crippen molar-refractivity contribution in [2.45, 2.75) is 32.6 Å². The van der Waals surface area contributed by atoms with Gasteiger partial charge in [0, 0.05) is 10.6 Å². The number of rotatable bonds is 8. The molecule has 0 radical (unpaired) electrons. The van der Waals surface area contributed by atoms with Crippen molar-refractivity contribution in [1.29, 1.82) is 5.26 Å². The Morgan fingerprint density at radius 1 is 1.43 bits per heavy atom. The second-order valence-electron chi connectivity index (χ2n) is 4.57. The molecule has 112 valence electrons. The van der Waals surface area contributed by atoms with E-state index in [1.165, 1.54) is 6.08 Å². The molecule has 0 spiro atoms. The van der Waals surface area contributed by atoms with Crippen molar-refractivity contribution in [1.82, 2.24) is 0 Å². The topological polar surface area (TPSA) is 70.3 Å². The highest BCUT2D eigenvalue weighted by Crippen LogP contribution is 2.25. The molecular formula is C16H18ClNO3. The molecule has 0 amide bonds. The number of ether oxygens (including phenoxy) is 1. The van der Waals surface area contributed by atoms with Crippen LogP contribution in [-0.4, -0.2) is 17.7 Å². The van der Waals surface area contributed by atoms with Gasteiger partial charge in [-0.3, -0.25) is 0 Å². The monoisotopic (exact) mass is 307 g/mol. The first-order chi connectivity index (χ1) is 10.1. The number of carbonyl (C=O) groups is 1. The lowest BCUT2D eigenvalue weighted by atomic mass is 10.1. The Hall–Kier alpha value is -1.99. The van der Waals surface area contributed by atoms with E-state index in [1.807, 2.05) is 0 Å². The number of carboxylic acids is 1. The molecular weight excluding hydrogens is 290 g/mol. The average molecular weight is 308 g/mol. The number of hydrogen-bond acceptors (Lipinski definition) is 3. The summed E-state index contributed by atoms with van der Waals surface area (Å²) in [5, 5.41) is 18.2. The quantitative estimate of drug-likeness (QED) is 0.442. The van der Waals surface area contributed by atoms with Crippen LogP contribution in [0.15, 0.2) is 23.8 Å². The van der Waals surface area contributed by atoms with Crippen LogP contribution in [0.5, 0.6) is 5.75 Å². The normalized spacial score (nSPS) is 11.0. The molecule has 4 nitrogen and oxygen atoms in total. The summed E-state index contributed by atoms with van der Waals surface area (Å²) < 4.78 is 5.66. The van der Waals surface area contributed by atoms with Crippen molar-refractivity contribution >= 4 is 23.6 Å². The van der Waals surface area contributed by atoms with E-state index in [-0.39, 0.29) is 5.57 Å². The molecule has 0 heterocycles. The van der Waals surface area contributed by atoms with E-state index < -0.39 is 5.97 Å². The van der Waals surface area contributed by atoms with Gasteiger partial charge in [-0.25, -0.2) is 4.79 Å². The van der Waals surface area contributed by atoms with Crippen LogP contribution >= 0.6 is 11.6 Å². The fraction of sp³-hybridized carbons (Fsp3) is 0.375. The summed E-state index contributed by atoms with van der Waals surface area (Å²) in [5.41, 5.74) is 0.144. The van der Waals surface area contributed by atoms with E-state index in [4.69, 9.17) is 26.7 Å². The van der Waals surface area contributed by atoms with Crippen LogP contribution in [0.25, 0.3) is 6.08 Å². The van der Waals surface area contributed by atoms with E-state index >= 15 is 0 Å². The molecule has 1 rings (SSSR count). The highest BCUT2D eigenvalue weighted by atomic mass is 35.5. The number of nitriles is 1. The Bertz CT molecular complexity index is 561. The first kappa shape index (κ1) is 17.1. The summed E-state index contributed by atoms with van der Waals surface area (Å²) in [6.07, 6.45) is 5.61. The largest absolute Gasteiger partial charge is 0.493 e. The van der Waals surface area contributed by atoms with Gasteiger partial charge in [0.25, 0.3) is 0 Å². The third-order valence-electron chi connectivity index (χ3n) is 2.88. The summed E-state index contributed by atoms with van der Waals surface area (Å²) in [5.74, 6) is -0.740. The minimum Gasteiger partial charge on any atom is -0.493 e. The van der Waals surface area contributed by atoms with Crippen LogP contribution in [0.1, 0.15) is 38.2 Å². The van der Waals surface area contributed by atoms with Crippen LogP contribution in [-0.2, 0) is 4.79 Å². The summed E-state index contributed by atoms with van der Waals surface area (Å²) in [4.78, 5) is 10.9. The fourth-order valence-electron chi connectivity index (χ4n) is 1.77. The van der Waals surface area contributed by atoms with Crippen molar-refractivity contribution in [3.05, 3.63) is 34.4 Å². The predicted molar refractivity (Wildman–Crippen MR) is 82.3 cm³/mol. The van der Waals surface area contributed by atoms with Crippen molar-refractivity contribution in [3.8, 4) is 11.8 Å². The Morgan fingerprint density at radius 3 is 2.81 bits per heavy atom. The van der Waals surface area contributed by atoms with Gasteiger partial charge in [0.05, 0.1) is 6.61 Å². The number of unbranched alkanes of at least 4 members (excludes halogenated alkanes) is 3. The number of halogens is 1. The Kier molecular flexibility index (Phi) is 7.34. The third kappa shape index (κ3) is 5.88. The van der Waals surface area contributed by atoms with Gasteiger partial charge in [-0.05, 0) is 30.7 Å². The molecule has 1 N–H and O–H groups in total. The smallest absolute Gasteiger partial charge is 0.346 e. The Balaban J connectivity index is 2.85. The van der Waals surface area contributed by atoms with E-state index in [2.05, 4.69) is 6.92 Å². The summed E-state index contributed by atoms with van der Waals surface area (Å²) in [7, 11) is 0. The standard InChI is InChI=1S/C16H18ClNO3/c1-2-3-4-5-8-21-15-7-6-14(17)10-12(15)9-13(11-18)16(19)20/h6-7,9-10H,2-5,8H2,1H3,(H,19,20). The zero-order valence-corrected chi connectivity index (χ0v) is 12.7. The maximum Gasteiger partial charge on any atom is 0.346 e. The second kappa shape index (κ2) is 9.04. The van der Waals surface area contributed by atoms with E-state index in [1.54, 1.807) is 24.3 Å². The molecule has 0 aromatic heterocycles. The molecule has 0 aliphatic rings. The first-order valence-corrected chi connectivity index (χ1v) is 7.23. The van der Waals surface area contributed by atoms with Gasteiger partial charge in [-0.2, -0.15) is 5.26 Å². The minimum absolute atomic E-state index is 0.354.